The van der Waals surface area contributed by atoms with Gasteiger partial charge in [0.15, 0.2) is 5.82 Å². The first-order valence-electron chi connectivity index (χ1n) is 11.8. The van der Waals surface area contributed by atoms with E-state index in [2.05, 4.69) is 44.5 Å². The molecule has 0 aromatic heterocycles. The molecule has 0 bridgehead atoms. The standard InChI is InChI=1S/C25H36ClFN4S2/c1-4-5-6-7-8-17-33-23-12-10-20(24(27)25(23)29-26)21-18-19(31-15-13-28-14-16-31)9-11-22(21)30(2)32-3/h9-12,18,28-29H,4-8,13-17H2,1-3H3. The van der Waals surface area contributed by atoms with Crippen LogP contribution in [0.2, 0.25) is 0 Å². The van der Waals surface area contributed by atoms with Gasteiger partial charge in [0.05, 0.1) is 11.4 Å². The Hall–Kier alpha value is -1.28. The predicted molar refractivity (Wildman–Crippen MR) is 148 cm³/mol. The van der Waals surface area contributed by atoms with Crippen LogP contribution in [0, 0.1) is 5.82 Å². The molecule has 2 N–H and O–H groups in total. The molecule has 8 heteroatoms. The maximum atomic E-state index is 15.8. The number of rotatable bonds is 12. The van der Waals surface area contributed by atoms with Crippen molar-refractivity contribution in [3.8, 4) is 11.1 Å². The van der Waals surface area contributed by atoms with E-state index in [0.717, 1.165) is 60.2 Å². The highest BCUT2D eigenvalue weighted by Gasteiger charge is 2.20. The molecule has 1 heterocycles. The molecule has 1 aliphatic heterocycles. The molecule has 0 atom stereocenters. The van der Waals surface area contributed by atoms with Crippen LogP contribution < -0.4 is 19.4 Å². The first-order chi connectivity index (χ1) is 16.1. The number of benzene rings is 2. The van der Waals surface area contributed by atoms with E-state index >= 15 is 4.39 Å². The Balaban J connectivity index is 1.90. The third-order valence-corrected chi connectivity index (χ3v) is 8.15. The fourth-order valence-electron chi connectivity index (χ4n) is 4.09. The van der Waals surface area contributed by atoms with Crippen LogP contribution in [0.25, 0.3) is 11.1 Å². The molecule has 0 saturated carbocycles. The first-order valence-corrected chi connectivity index (χ1v) is 14.3. The van der Waals surface area contributed by atoms with Gasteiger partial charge in [-0.3, -0.25) is 4.84 Å². The minimum atomic E-state index is -0.297. The van der Waals surface area contributed by atoms with E-state index in [0.29, 0.717) is 11.3 Å². The lowest BCUT2D eigenvalue weighted by atomic mass is 10.0. The predicted octanol–water partition coefficient (Wildman–Crippen LogP) is 7.24. The lowest BCUT2D eigenvalue weighted by Gasteiger charge is -2.31. The first kappa shape index (κ1) is 26.3. The van der Waals surface area contributed by atoms with Crippen molar-refractivity contribution in [1.29, 1.82) is 0 Å². The summed E-state index contributed by atoms with van der Waals surface area (Å²) in [6.45, 7) is 6.03. The summed E-state index contributed by atoms with van der Waals surface area (Å²) in [5, 5.41) is 3.39. The number of halogens is 2. The molecule has 0 spiro atoms. The van der Waals surface area contributed by atoms with Crippen LogP contribution in [0.5, 0.6) is 0 Å². The molecule has 3 rings (SSSR count). The molecule has 1 fully saturated rings. The van der Waals surface area contributed by atoms with Gasteiger partial charge in [0, 0.05) is 73.0 Å². The van der Waals surface area contributed by atoms with E-state index in [-0.39, 0.29) is 5.82 Å². The molecule has 2 aromatic rings. The summed E-state index contributed by atoms with van der Waals surface area (Å²) in [7, 11) is 2.01. The van der Waals surface area contributed by atoms with E-state index in [1.165, 1.54) is 25.7 Å². The van der Waals surface area contributed by atoms with Gasteiger partial charge in [-0.05, 0) is 36.4 Å². The molecule has 0 radical (unpaired) electrons. The summed E-state index contributed by atoms with van der Waals surface area (Å²) in [6, 6.07) is 10.2. The molecule has 2 aromatic carbocycles. The van der Waals surface area contributed by atoms with Crippen molar-refractivity contribution < 1.29 is 4.39 Å². The third kappa shape index (κ3) is 6.87. The number of nitrogens with zero attached hydrogens (tertiary/aromatic N) is 2. The summed E-state index contributed by atoms with van der Waals surface area (Å²) < 4.78 is 17.9. The highest BCUT2D eigenvalue weighted by Crippen LogP contribution is 2.42. The molecule has 0 unspecified atom stereocenters. The minimum Gasteiger partial charge on any atom is -0.369 e. The Bertz CT molecular complexity index is 893. The summed E-state index contributed by atoms with van der Waals surface area (Å²) in [4.78, 5) is 5.83. The SMILES string of the molecule is CCCCCCCSc1ccc(-c2cc(N3CCNCC3)ccc2N(C)SC)c(F)c1NCl. The second-order valence-corrected chi connectivity index (χ2v) is 10.5. The van der Waals surface area contributed by atoms with Gasteiger partial charge in [-0.2, -0.15) is 0 Å². The van der Waals surface area contributed by atoms with Crippen LogP contribution in [0.15, 0.2) is 35.2 Å². The Kier molecular flexibility index (Phi) is 10.8. The van der Waals surface area contributed by atoms with Gasteiger partial charge in [-0.25, -0.2) is 4.39 Å². The number of unbranched alkanes of at least 4 members (excludes halogenated alkanes) is 4. The average Bonchev–Trinajstić information content (AvgIpc) is 2.86. The van der Waals surface area contributed by atoms with E-state index in [4.69, 9.17) is 11.8 Å². The second-order valence-electron chi connectivity index (χ2n) is 8.28. The molecule has 33 heavy (non-hydrogen) atoms. The molecule has 1 aliphatic rings. The summed E-state index contributed by atoms with van der Waals surface area (Å²) in [5.74, 6) is 0.668. The minimum absolute atomic E-state index is 0.297. The van der Waals surface area contributed by atoms with Crippen LogP contribution >= 0.6 is 35.5 Å². The topological polar surface area (TPSA) is 30.5 Å². The number of piperazine rings is 1. The van der Waals surface area contributed by atoms with Crippen LogP contribution in [0.4, 0.5) is 21.5 Å². The van der Waals surface area contributed by atoms with Gasteiger partial charge >= 0.3 is 0 Å². The van der Waals surface area contributed by atoms with Crippen molar-refractivity contribution in [3.05, 3.63) is 36.1 Å². The van der Waals surface area contributed by atoms with Crippen molar-refractivity contribution in [2.45, 2.75) is 43.9 Å². The van der Waals surface area contributed by atoms with Crippen molar-refractivity contribution in [3.63, 3.8) is 0 Å². The van der Waals surface area contributed by atoms with Crippen molar-refractivity contribution >= 4 is 52.5 Å². The molecule has 4 nitrogen and oxygen atoms in total. The monoisotopic (exact) mass is 510 g/mol. The van der Waals surface area contributed by atoms with Crippen molar-refractivity contribution in [2.24, 2.45) is 0 Å². The van der Waals surface area contributed by atoms with Gasteiger partial charge in [-0.15, -0.1) is 11.8 Å². The molecule has 182 valence electrons. The number of hydrogen-bond donors (Lipinski definition) is 2. The van der Waals surface area contributed by atoms with Crippen LogP contribution in [0.1, 0.15) is 39.0 Å². The largest absolute Gasteiger partial charge is 0.369 e. The lowest BCUT2D eigenvalue weighted by Crippen LogP contribution is -2.43. The summed E-state index contributed by atoms with van der Waals surface area (Å²) in [5.41, 5.74) is 3.92. The number of hydrogen-bond acceptors (Lipinski definition) is 6. The molecule has 1 saturated heterocycles. The van der Waals surface area contributed by atoms with E-state index < -0.39 is 0 Å². The van der Waals surface area contributed by atoms with Gasteiger partial charge in [0.1, 0.15) is 0 Å². The van der Waals surface area contributed by atoms with E-state index in [1.807, 2.05) is 25.4 Å². The average molecular weight is 511 g/mol. The molecule has 0 aliphatic carbocycles. The zero-order valence-electron chi connectivity index (χ0n) is 19.9. The smallest absolute Gasteiger partial charge is 0.156 e. The second kappa shape index (κ2) is 13.6. The van der Waals surface area contributed by atoms with E-state index in [1.54, 1.807) is 23.7 Å². The van der Waals surface area contributed by atoms with Gasteiger partial charge in [0.25, 0.3) is 0 Å². The fourth-order valence-corrected chi connectivity index (χ4v) is 5.71. The molecule has 0 amide bonds. The highest BCUT2D eigenvalue weighted by atomic mass is 35.5. The summed E-state index contributed by atoms with van der Waals surface area (Å²) >= 11 is 9.31. The van der Waals surface area contributed by atoms with Gasteiger partial charge in [0.2, 0.25) is 0 Å². The Morgan fingerprint density at radius 3 is 2.55 bits per heavy atom. The fraction of sp³-hybridized carbons (Fsp3) is 0.520. The van der Waals surface area contributed by atoms with Crippen LogP contribution in [0.3, 0.4) is 0 Å². The zero-order valence-corrected chi connectivity index (χ0v) is 22.3. The normalized spacial score (nSPS) is 13.9. The Labute approximate surface area is 212 Å². The van der Waals surface area contributed by atoms with Crippen LogP contribution in [-0.2, 0) is 0 Å². The van der Waals surface area contributed by atoms with Crippen LogP contribution in [-0.4, -0.2) is 45.2 Å². The maximum absolute atomic E-state index is 15.8. The Morgan fingerprint density at radius 1 is 1.09 bits per heavy atom. The number of nitrogens with one attached hydrogen (secondary N) is 2. The molecular weight excluding hydrogens is 475 g/mol. The zero-order chi connectivity index (χ0) is 23.6. The Morgan fingerprint density at radius 2 is 1.85 bits per heavy atom. The number of anilines is 3. The van der Waals surface area contributed by atoms with Crippen molar-refractivity contribution in [1.82, 2.24) is 5.32 Å². The third-order valence-electron chi connectivity index (χ3n) is 6.07. The highest BCUT2D eigenvalue weighted by molar-refractivity contribution is 8.00. The summed E-state index contributed by atoms with van der Waals surface area (Å²) in [6.07, 6.45) is 8.15. The number of thioether (sulfide) groups is 1. The molecular formula is C25H36ClFN4S2. The maximum Gasteiger partial charge on any atom is 0.156 e. The van der Waals surface area contributed by atoms with Gasteiger partial charge in [-0.1, -0.05) is 50.6 Å². The van der Waals surface area contributed by atoms with E-state index in [9.17, 15) is 0 Å². The van der Waals surface area contributed by atoms with Gasteiger partial charge < -0.3 is 14.5 Å². The quantitative estimate of drug-likeness (QED) is 0.135. The lowest BCUT2D eigenvalue weighted by molar-refractivity contribution is 0.589. The van der Waals surface area contributed by atoms with Crippen molar-refractivity contribution in [2.75, 3.05) is 59.3 Å².